The number of hydrazone groups is 1. The van der Waals surface area contributed by atoms with E-state index in [9.17, 15) is 14.4 Å². The number of amides is 2. The van der Waals surface area contributed by atoms with Crippen LogP contribution < -0.4 is 14.4 Å². The average Bonchev–Trinajstić information content (AvgIpc) is 3.31. The van der Waals surface area contributed by atoms with Gasteiger partial charge >= 0.3 is 0 Å². The summed E-state index contributed by atoms with van der Waals surface area (Å²) in [5, 5.41) is 5.96. The number of nitrogens with zero attached hydrogens (tertiary/aromatic N) is 3. The van der Waals surface area contributed by atoms with Crippen LogP contribution in [0.1, 0.15) is 10.4 Å². The summed E-state index contributed by atoms with van der Waals surface area (Å²) in [5.41, 5.74) is 0.806. The number of Topliss-reactive ketones (excluding diaryl/α,β-unsaturated/α-hetero) is 1. The summed E-state index contributed by atoms with van der Waals surface area (Å²) < 4.78 is 10.5. The summed E-state index contributed by atoms with van der Waals surface area (Å²) >= 11 is 0. The van der Waals surface area contributed by atoms with E-state index in [1.165, 1.54) is 7.11 Å². The van der Waals surface area contributed by atoms with Gasteiger partial charge in [0.2, 0.25) is 11.8 Å². The number of fused-ring (bicyclic) bond motifs is 3. The molecule has 32 heavy (non-hydrogen) atoms. The van der Waals surface area contributed by atoms with Gasteiger partial charge in [0.1, 0.15) is 17.5 Å². The number of para-hydroxylation sites is 2. The Bertz CT molecular complexity index is 1160. The van der Waals surface area contributed by atoms with E-state index in [1.807, 2.05) is 6.08 Å². The normalized spacial score (nSPS) is 25.7. The molecule has 0 radical (unpaired) electrons. The molecule has 2 amide bonds. The molecule has 0 N–H and O–H groups in total. The summed E-state index contributed by atoms with van der Waals surface area (Å²) in [7, 11) is 3.04. The predicted molar refractivity (Wildman–Crippen MR) is 117 cm³/mol. The van der Waals surface area contributed by atoms with Gasteiger partial charge in [-0.1, -0.05) is 18.2 Å². The Kier molecular flexibility index (Phi) is 4.77. The van der Waals surface area contributed by atoms with Crippen LogP contribution in [-0.4, -0.2) is 55.1 Å². The fourth-order valence-electron chi connectivity index (χ4n) is 4.82. The molecule has 0 aromatic heterocycles. The van der Waals surface area contributed by atoms with Crippen LogP contribution in [-0.2, 0) is 9.59 Å². The summed E-state index contributed by atoms with van der Waals surface area (Å²) in [6, 6.07) is 12.2. The standard InChI is InChI=1S/C24H21N3O5/c1-31-15-11-9-14(10-12-15)22(28)21-20-19(17-7-5-13-25-27(17)21)23(29)26(24(20)30)16-6-3-4-8-18(16)32-2/h3-13,17,19-21H,1-2H3/t17-,19-,20-,21+/m1/s1. The van der Waals surface area contributed by atoms with Crippen LogP contribution in [0.25, 0.3) is 0 Å². The van der Waals surface area contributed by atoms with Crippen LogP contribution in [0.5, 0.6) is 11.5 Å². The summed E-state index contributed by atoms with van der Waals surface area (Å²) in [5.74, 6) is -1.57. The van der Waals surface area contributed by atoms with Crippen LogP contribution in [0.15, 0.2) is 65.8 Å². The van der Waals surface area contributed by atoms with Gasteiger partial charge in [-0.15, -0.1) is 0 Å². The van der Waals surface area contributed by atoms with Gasteiger partial charge in [-0.3, -0.25) is 19.4 Å². The zero-order chi connectivity index (χ0) is 22.4. The SMILES string of the molecule is COc1ccc(C(=O)[C@@H]2[C@@H]3C(=O)N(c4ccccc4OC)C(=O)[C@@H]3[C@H]3C=CC=NN32)cc1. The lowest BCUT2D eigenvalue weighted by molar-refractivity contribution is -0.123. The molecule has 0 bridgehead atoms. The number of ether oxygens (including phenoxy) is 2. The lowest BCUT2D eigenvalue weighted by Gasteiger charge is -2.30. The molecule has 3 aliphatic heterocycles. The number of hydrogen-bond donors (Lipinski definition) is 0. The maximum atomic E-state index is 13.6. The molecule has 3 heterocycles. The van der Waals surface area contributed by atoms with Crippen molar-refractivity contribution < 1.29 is 23.9 Å². The van der Waals surface area contributed by atoms with E-state index in [1.54, 1.807) is 72.9 Å². The molecule has 0 saturated carbocycles. The fourth-order valence-corrected chi connectivity index (χ4v) is 4.82. The van der Waals surface area contributed by atoms with Gasteiger partial charge in [-0.2, -0.15) is 5.10 Å². The number of rotatable bonds is 5. The highest BCUT2D eigenvalue weighted by atomic mass is 16.5. The number of carbonyl (C=O) groups excluding carboxylic acids is 3. The Morgan fingerprint density at radius 1 is 0.938 bits per heavy atom. The first-order chi connectivity index (χ1) is 15.6. The fraction of sp³-hybridized carbons (Fsp3) is 0.250. The number of carbonyl (C=O) groups is 3. The molecule has 2 saturated heterocycles. The van der Waals surface area contributed by atoms with Crippen molar-refractivity contribution in [3.63, 3.8) is 0 Å². The van der Waals surface area contributed by atoms with Crippen LogP contribution in [0, 0.1) is 11.8 Å². The number of allylic oxidation sites excluding steroid dienone is 1. The monoisotopic (exact) mass is 431 g/mol. The van der Waals surface area contributed by atoms with Crippen molar-refractivity contribution in [2.45, 2.75) is 12.1 Å². The number of imide groups is 1. The van der Waals surface area contributed by atoms with Crippen LogP contribution in [0.2, 0.25) is 0 Å². The lowest BCUT2D eigenvalue weighted by Crippen LogP contribution is -2.46. The van der Waals surface area contributed by atoms with E-state index in [0.717, 1.165) is 4.90 Å². The summed E-state index contributed by atoms with van der Waals surface area (Å²) in [6.45, 7) is 0. The van der Waals surface area contributed by atoms with E-state index < -0.39 is 29.8 Å². The van der Waals surface area contributed by atoms with Gasteiger partial charge in [0, 0.05) is 11.8 Å². The van der Waals surface area contributed by atoms with Crippen molar-refractivity contribution in [2.75, 3.05) is 19.1 Å². The van der Waals surface area contributed by atoms with E-state index in [4.69, 9.17) is 9.47 Å². The van der Waals surface area contributed by atoms with Crippen LogP contribution in [0.4, 0.5) is 5.69 Å². The lowest BCUT2D eigenvalue weighted by atomic mass is 9.86. The highest BCUT2D eigenvalue weighted by Gasteiger charge is 2.64. The predicted octanol–water partition coefficient (Wildman–Crippen LogP) is 2.30. The number of ketones is 1. The minimum absolute atomic E-state index is 0.263. The highest BCUT2D eigenvalue weighted by Crippen LogP contribution is 2.47. The first kappa shape index (κ1) is 20.0. The first-order valence-electron chi connectivity index (χ1n) is 10.2. The molecule has 4 atom stereocenters. The Labute approximate surface area is 184 Å². The van der Waals surface area contributed by atoms with Crippen LogP contribution in [0.3, 0.4) is 0 Å². The second kappa shape index (κ2) is 7.64. The minimum Gasteiger partial charge on any atom is -0.497 e. The molecule has 162 valence electrons. The third kappa shape index (κ3) is 2.83. The van der Waals surface area contributed by atoms with E-state index >= 15 is 0 Å². The molecular formula is C24H21N3O5. The summed E-state index contributed by atoms with van der Waals surface area (Å²) in [6.07, 6.45) is 5.13. The Morgan fingerprint density at radius 2 is 1.66 bits per heavy atom. The molecule has 5 rings (SSSR count). The third-order valence-electron chi connectivity index (χ3n) is 6.26. The van der Waals surface area contributed by atoms with Gasteiger partial charge in [0.25, 0.3) is 0 Å². The number of methoxy groups -OCH3 is 2. The Balaban J connectivity index is 1.57. The largest absolute Gasteiger partial charge is 0.497 e. The molecule has 2 aromatic carbocycles. The van der Waals surface area contributed by atoms with Gasteiger partial charge in [0.15, 0.2) is 5.78 Å². The van der Waals surface area contributed by atoms with Crippen molar-refractivity contribution in [3.05, 3.63) is 66.2 Å². The second-order valence-electron chi connectivity index (χ2n) is 7.79. The molecule has 8 heteroatoms. The summed E-state index contributed by atoms with van der Waals surface area (Å²) in [4.78, 5) is 41.9. The Morgan fingerprint density at radius 3 is 2.38 bits per heavy atom. The quantitative estimate of drug-likeness (QED) is 0.533. The maximum Gasteiger partial charge on any atom is 0.240 e. The van der Waals surface area contributed by atoms with Gasteiger partial charge in [-0.05, 0) is 42.5 Å². The molecule has 2 fully saturated rings. The highest BCUT2D eigenvalue weighted by molar-refractivity contribution is 6.25. The molecular weight excluding hydrogens is 410 g/mol. The molecule has 8 nitrogen and oxygen atoms in total. The van der Waals surface area contributed by atoms with Crippen molar-refractivity contribution in [1.82, 2.24) is 5.01 Å². The third-order valence-corrected chi connectivity index (χ3v) is 6.26. The van der Waals surface area contributed by atoms with Gasteiger partial charge < -0.3 is 9.47 Å². The van der Waals surface area contributed by atoms with E-state index in [0.29, 0.717) is 22.7 Å². The van der Waals surface area contributed by atoms with Crippen molar-refractivity contribution in [3.8, 4) is 11.5 Å². The maximum absolute atomic E-state index is 13.6. The topological polar surface area (TPSA) is 88.5 Å². The zero-order valence-corrected chi connectivity index (χ0v) is 17.5. The smallest absolute Gasteiger partial charge is 0.240 e. The Hall–Kier alpha value is -3.94. The molecule has 3 aliphatic rings. The number of benzene rings is 2. The number of hydrogen-bond acceptors (Lipinski definition) is 7. The van der Waals surface area contributed by atoms with Crippen molar-refractivity contribution in [1.29, 1.82) is 0 Å². The van der Waals surface area contributed by atoms with Gasteiger partial charge in [0.05, 0.1) is 37.8 Å². The number of anilines is 1. The van der Waals surface area contributed by atoms with Crippen molar-refractivity contribution >= 4 is 29.5 Å². The molecule has 2 aromatic rings. The second-order valence-corrected chi connectivity index (χ2v) is 7.79. The molecule has 0 unspecified atom stereocenters. The average molecular weight is 431 g/mol. The zero-order valence-electron chi connectivity index (χ0n) is 17.5. The first-order valence-corrected chi connectivity index (χ1v) is 10.2. The van der Waals surface area contributed by atoms with Crippen LogP contribution >= 0.6 is 0 Å². The molecule has 0 aliphatic carbocycles. The van der Waals surface area contributed by atoms with Gasteiger partial charge in [-0.25, -0.2) is 4.90 Å². The van der Waals surface area contributed by atoms with Crippen molar-refractivity contribution in [2.24, 2.45) is 16.9 Å². The van der Waals surface area contributed by atoms with E-state index in [-0.39, 0.29) is 11.7 Å². The minimum atomic E-state index is -0.893. The molecule has 0 spiro atoms. The van der Waals surface area contributed by atoms with E-state index in [2.05, 4.69) is 5.10 Å².